The third-order valence-corrected chi connectivity index (χ3v) is 3.52. The minimum Gasteiger partial charge on any atom is -0.497 e. The zero-order valence-electron chi connectivity index (χ0n) is 11.9. The highest BCUT2D eigenvalue weighted by atomic mass is 16.5. The maximum atomic E-state index is 12.2. The van der Waals surface area contributed by atoms with Crippen molar-refractivity contribution in [3.05, 3.63) is 30.6 Å². The van der Waals surface area contributed by atoms with Gasteiger partial charge in [-0.25, -0.2) is 5.10 Å². The number of aromatic amines is 1. The molecule has 0 bridgehead atoms. The number of aromatic nitrogens is 3. The van der Waals surface area contributed by atoms with Gasteiger partial charge in [0.25, 0.3) is 0 Å². The molecular weight excluding hydrogens is 286 g/mol. The van der Waals surface area contributed by atoms with E-state index in [-0.39, 0.29) is 24.2 Å². The first-order chi connectivity index (χ1) is 10.7. The van der Waals surface area contributed by atoms with E-state index in [0.717, 1.165) is 5.69 Å². The molecule has 1 fully saturated rings. The van der Waals surface area contributed by atoms with Crippen LogP contribution in [0.15, 0.2) is 30.6 Å². The van der Waals surface area contributed by atoms with Crippen LogP contribution >= 0.6 is 0 Å². The van der Waals surface area contributed by atoms with Crippen LogP contribution in [0, 0.1) is 5.92 Å². The quantitative estimate of drug-likeness (QED) is 0.870. The second-order valence-electron chi connectivity index (χ2n) is 4.93. The molecule has 2 N–H and O–H groups in total. The molecular formula is C14H15N5O3. The summed E-state index contributed by atoms with van der Waals surface area (Å²) in [4.78, 5) is 29.7. The van der Waals surface area contributed by atoms with Gasteiger partial charge in [0.2, 0.25) is 17.8 Å². The Labute approximate surface area is 126 Å². The molecule has 3 rings (SSSR count). The van der Waals surface area contributed by atoms with Gasteiger partial charge in [-0.3, -0.25) is 14.9 Å². The number of anilines is 2. The molecule has 1 atom stereocenters. The maximum absolute atomic E-state index is 12.2. The molecule has 1 aromatic carbocycles. The van der Waals surface area contributed by atoms with Crippen LogP contribution < -0.4 is 15.0 Å². The molecule has 0 aliphatic carbocycles. The summed E-state index contributed by atoms with van der Waals surface area (Å²) in [6, 6.07) is 7.20. The van der Waals surface area contributed by atoms with Crippen LogP contribution in [0.25, 0.3) is 0 Å². The number of hydrogen-bond acceptors (Lipinski definition) is 5. The van der Waals surface area contributed by atoms with Gasteiger partial charge in [0, 0.05) is 24.7 Å². The van der Waals surface area contributed by atoms with Crippen LogP contribution in [-0.4, -0.2) is 40.7 Å². The number of hydrogen-bond donors (Lipinski definition) is 2. The van der Waals surface area contributed by atoms with Crippen molar-refractivity contribution in [1.29, 1.82) is 0 Å². The van der Waals surface area contributed by atoms with Crippen molar-refractivity contribution in [3.8, 4) is 5.75 Å². The number of carbonyl (C=O) groups excluding carboxylic acids is 2. The van der Waals surface area contributed by atoms with Crippen molar-refractivity contribution in [1.82, 2.24) is 15.2 Å². The molecule has 8 nitrogen and oxygen atoms in total. The fraction of sp³-hybridized carbons (Fsp3) is 0.286. The summed E-state index contributed by atoms with van der Waals surface area (Å²) < 4.78 is 5.16. The molecule has 1 aliphatic heterocycles. The van der Waals surface area contributed by atoms with E-state index in [9.17, 15) is 9.59 Å². The first kappa shape index (κ1) is 14.1. The van der Waals surface area contributed by atoms with E-state index in [1.165, 1.54) is 6.33 Å². The standard InChI is InChI=1S/C14H15N5O3/c1-22-11-4-2-3-10(6-11)19-7-9(5-12(19)20)13(21)17-14-15-8-16-18-14/h2-4,6,8-9H,5,7H2,1H3,(H2,15,16,17,18,21)/t9-/m0/s1. The number of rotatable bonds is 4. The molecule has 0 radical (unpaired) electrons. The predicted octanol–water partition coefficient (Wildman–Crippen LogP) is 0.805. The highest BCUT2D eigenvalue weighted by molar-refractivity contribution is 6.03. The number of nitrogens with zero attached hydrogens (tertiary/aromatic N) is 3. The van der Waals surface area contributed by atoms with Gasteiger partial charge in [-0.2, -0.15) is 10.1 Å². The summed E-state index contributed by atoms with van der Waals surface area (Å²) in [5.74, 6) is 0.169. The van der Waals surface area contributed by atoms with E-state index in [1.54, 1.807) is 24.1 Å². The Morgan fingerprint density at radius 1 is 1.50 bits per heavy atom. The molecule has 8 heteroatoms. The van der Waals surface area contributed by atoms with E-state index in [0.29, 0.717) is 12.3 Å². The van der Waals surface area contributed by atoms with Gasteiger partial charge < -0.3 is 9.64 Å². The third-order valence-electron chi connectivity index (χ3n) is 3.52. The molecule has 2 amide bonds. The van der Waals surface area contributed by atoms with Crippen LogP contribution in [0.5, 0.6) is 5.75 Å². The topological polar surface area (TPSA) is 100 Å². The highest BCUT2D eigenvalue weighted by Gasteiger charge is 2.35. The Balaban J connectivity index is 1.71. The third kappa shape index (κ3) is 2.76. The Morgan fingerprint density at radius 2 is 2.36 bits per heavy atom. The first-order valence-electron chi connectivity index (χ1n) is 6.78. The summed E-state index contributed by atoms with van der Waals surface area (Å²) in [6.07, 6.45) is 1.47. The van der Waals surface area contributed by atoms with Crippen molar-refractivity contribution < 1.29 is 14.3 Å². The lowest BCUT2D eigenvalue weighted by Gasteiger charge is -2.17. The fourth-order valence-corrected chi connectivity index (χ4v) is 2.40. The van der Waals surface area contributed by atoms with Gasteiger partial charge in [0.1, 0.15) is 12.1 Å². The average Bonchev–Trinajstić information content (AvgIpc) is 3.17. The Bertz CT molecular complexity index is 686. The second kappa shape index (κ2) is 5.84. The number of benzene rings is 1. The molecule has 1 saturated heterocycles. The lowest BCUT2D eigenvalue weighted by Crippen LogP contribution is -2.28. The SMILES string of the molecule is COc1cccc(N2C[C@@H](C(=O)Nc3ncn[nH]3)CC2=O)c1. The number of nitrogens with one attached hydrogen (secondary N) is 2. The molecule has 0 unspecified atom stereocenters. The summed E-state index contributed by atoms with van der Waals surface area (Å²) >= 11 is 0. The van der Waals surface area contributed by atoms with Gasteiger partial charge in [-0.05, 0) is 12.1 Å². The first-order valence-corrected chi connectivity index (χ1v) is 6.78. The number of methoxy groups -OCH3 is 1. The van der Waals surface area contributed by atoms with Crippen LogP contribution in [0.1, 0.15) is 6.42 Å². The fourth-order valence-electron chi connectivity index (χ4n) is 2.40. The van der Waals surface area contributed by atoms with E-state index in [2.05, 4.69) is 20.5 Å². The van der Waals surface area contributed by atoms with Gasteiger partial charge in [-0.1, -0.05) is 6.07 Å². The predicted molar refractivity (Wildman–Crippen MR) is 78.5 cm³/mol. The van der Waals surface area contributed by atoms with E-state index in [4.69, 9.17) is 4.74 Å². The van der Waals surface area contributed by atoms with Crippen LogP contribution in [-0.2, 0) is 9.59 Å². The van der Waals surface area contributed by atoms with Gasteiger partial charge in [-0.15, -0.1) is 0 Å². The molecule has 0 spiro atoms. The summed E-state index contributed by atoms with van der Waals surface area (Å²) in [5.41, 5.74) is 0.722. The largest absolute Gasteiger partial charge is 0.497 e. The summed E-state index contributed by atoms with van der Waals surface area (Å²) in [6.45, 7) is 0.325. The molecule has 22 heavy (non-hydrogen) atoms. The Kier molecular flexibility index (Phi) is 3.73. The number of amides is 2. The van der Waals surface area contributed by atoms with Crippen LogP contribution in [0.4, 0.5) is 11.6 Å². The maximum Gasteiger partial charge on any atom is 0.232 e. The highest BCUT2D eigenvalue weighted by Crippen LogP contribution is 2.28. The average molecular weight is 301 g/mol. The van der Waals surface area contributed by atoms with Gasteiger partial charge >= 0.3 is 0 Å². The van der Waals surface area contributed by atoms with Crippen molar-refractivity contribution >= 4 is 23.5 Å². The zero-order chi connectivity index (χ0) is 15.5. The Morgan fingerprint density at radius 3 is 3.09 bits per heavy atom. The molecule has 114 valence electrons. The minimum atomic E-state index is -0.427. The molecule has 0 saturated carbocycles. The zero-order valence-corrected chi connectivity index (χ0v) is 11.9. The normalized spacial score (nSPS) is 17.6. The van der Waals surface area contributed by atoms with Crippen molar-refractivity contribution in [2.75, 3.05) is 23.9 Å². The number of ether oxygens (including phenoxy) is 1. The monoisotopic (exact) mass is 301 g/mol. The van der Waals surface area contributed by atoms with E-state index < -0.39 is 5.92 Å². The van der Waals surface area contributed by atoms with Crippen LogP contribution in [0.2, 0.25) is 0 Å². The van der Waals surface area contributed by atoms with Gasteiger partial charge in [0.15, 0.2) is 0 Å². The number of H-pyrrole nitrogens is 1. The molecule has 1 aromatic heterocycles. The summed E-state index contributed by atoms with van der Waals surface area (Å²) in [5, 5.41) is 8.82. The lowest BCUT2D eigenvalue weighted by molar-refractivity contribution is -0.122. The lowest BCUT2D eigenvalue weighted by atomic mass is 10.1. The second-order valence-corrected chi connectivity index (χ2v) is 4.93. The summed E-state index contributed by atoms with van der Waals surface area (Å²) in [7, 11) is 1.57. The molecule has 2 heterocycles. The van der Waals surface area contributed by atoms with Crippen molar-refractivity contribution in [3.63, 3.8) is 0 Å². The molecule has 1 aliphatic rings. The van der Waals surface area contributed by atoms with Crippen molar-refractivity contribution in [2.45, 2.75) is 6.42 Å². The smallest absolute Gasteiger partial charge is 0.232 e. The van der Waals surface area contributed by atoms with Crippen LogP contribution in [0.3, 0.4) is 0 Å². The number of carbonyl (C=O) groups is 2. The Hall–Kier alpha value is -2.90. The van der Waals surface area contributed by atoms with E-state index >= 15 is 0 Å². The van der Waals surface area contributed by atoms with E-state index in [1.807, 2.05) is 12.1 Å². The molecule has 2 aromatic rings. The minimum absolute atomic E-state index is 0.0917. The van der Waals surface area contributed by atoms with Crippen molar-refractivity contribution in [2.24, 2.45) is 5.92 Å². The van der Waals surface area contributed by atoms with Gasteiger partial charge in [0.05, 0.1) is 13.0 Å².